The number of rotatable bonds is 2. The van der Waals surface area contributed by atoms with Gasteiger partial charge in [0, 0.05) is 14.1 Å². The van der Waals surface area contributed by atoms with E-state index >= 15 is 0 Å². The summed E-state index contributed by atoms with van der Waals surface area (Å²) in [7, 11) is 2.96. The molecule has 0 aliphatic carbocycles. The first-order valence-electron chi connectivity index (χ1n) is 8.50. The molecule has 7 heteroatoms. The molecular formula is C20H18N4O3. The largest absolute Gasteiger partial charge is 0.332 e. The molecule has 2 N–H and O–H groups in total. The molecule has 1 aromatic heterocycles. The summed E-state index contributed by atoms with van der Waals surface area (Å²) in [5.74, 6) is 0.226. The maximum absolute atomic E-state index is 12.7. The fourth-order valence-electron chi connectivity index (χ4n) is 3.38. The Morgan fingerprint density at radius 2 is 1.44 bits per heavy atom. The Labute approximate surface area is 154 Å². The second-order valence-corrected chi connectivity index (χ2v) is 6.49. The molecule has 0 unspecified atom stereocenters. The summed E-state index contributed by atoms with van der Waals surface area (Å²) in [6, 6.07) is 16.5. The average Bonchev–Trinajstić information content (AvgIpc) is 2.71. The Kier molecular flexibility index (Phi) is 3.92. The molecule has 7 nitrogen and oxygen atoms in total. The minimum atomic E-state index is -0.635. The maximum Gasteiger partial charge on any atom is 0.332 e. The number of amides is 2. The van der Waals surface area contributed by atoms with Gasteiger partial charge in [0.25, 0.3) is 5.56 Å². The van der Waals surface area contributed by atoms with Crippen molar-refractivity contribution in [1.29, 1.82) is 0 Å². The van der Waals surface area contributed by atoms with Gasteiger partial charge in [0.2, 0.25) is 0 Å². The first-order chi connectivity index (χ1) is 13.0. The summed E-state index contributed by atoms with van der Waals surface area (Å²) in [6.45, 7) is 0. The van der Waals surface area contributed by atoms with Crippen LogP contribution in [-0.2, 0) is 14.1 Å². The molecule has 4 rings (SSSR count). The lowest BCUT2D eigenvalue weighted by Crippen LogP contribution is -2.49. The number of urea groups is 1. The van der Waals surface area contributed by atoms with Gasteiger partial charge in [-0.15, -0.1) is 0 Å². The normalized spacial score (nSPS) is 15.6. The lowest BCUT2D eigenvalue weighted by molar-refractivity contribution is 0.248. The van der Waals surface area contributed by atoms with Gasteiger partial charge in [0.05, 0.1) is 11.6 Å². The summed E-state index contributed by atoms with van der Waals surface area (Å²) >= 11 is 0. The van der Waals surface area contributed by atoms with Gasteiger partial charge in [-0.1, -0.05) is 54.6 Å². The lowest BCUT2D eigenvalue weighted by Gasteiger charge is -2.28. The highest BCUT2D eigenvalue weighted by Gasteiger charge is 2.31. The third-order valence-electron chi connectivity index (χ3n) is 4.85. The molecule has 27 heavy (non-hydrogen) atoms. The van der Waals surface area contributed by atoms with Crippen molar-refractivity contribution < 1.29 is 4.79 Å². The van der Waals surface area contributed by atoms with Crippen LogP contribution in [0.5, 0.6) is 0 Å². The second-order valence-electron chi connectivity index (χ2n) is 6.49. The monoisotopic (exact) mass is 362 g/mol. The number of nitrogens with one attached hydrogen (secondary N) is 2. The SMILES string of the molecule is Cn1c2c(c(=O)n(C)c1=O)[C@@H](c1ccc(-c3ccccc3)cc1)NC(=O)N2. The van der Waals surface area contributed by atoms with E-state index in [0.717, 1.165) is 21.3 Å². The average molecular weight is 362 g/mol. The zero-order chi connectivity index (χ0) is 19.1. The Hall–Kier alpha value is -3.61. The van der Waals surface area contributed by atoms with E-state index in [0.29, 0.717) is 5.56 Å². The van der Waals surface area contributed by atoms with E-state index in [9.17, 15) is 14.4 Å². The molecule has 2 amide bonds. The van der Waals surface area contributed by atoms with E-state index in [1.807, 2.05) is 54.6 Å². The Morgan fingerprint density at radius 1 is 0.815 bits per heavy atom. The number of aromatic nitrogens is 2. The molecule has 0 saturated heterocycles. The molecule has 3 aromatic rings. The highest BCUT2D eigenvalue weighted by atomic mass is 16.2. The van der Waals surface area contributed by atoms with Crippen LogP contribution in [0.1, 0.15) is 17.2 Å². The van der Waals surface area contributed by atoms with Crippen molar-refractivity contribution in [2.45, 2.75) is 6.04 Å². The van der Waals surface area contributed by atoms with Crippen LogP contribution in [0, 0.1) is 0 Å². The molecule has 1 aliphatic rings. The quantitative estimate of drug-likeness (QED) is 0.731. The molecule has 0 fully saturated rings. The van der Waals surface area contributed by atoms with Crippen LogP contribution in [-0.4, -0.2) is 15.2 Å². The van der Waals surface area contributed by atoms with Crippen LogP contribution in [0.25, 0.3) is 11.1 Å². The molecule has 0 spiro atoms. The Balaban J connectivity index is 1.83. The predicted molar refractivity (Wildman–Crippen MR) is 103 cm³/mol. The molecule has 2 heterocycles. The van der Waals surface area contributed by atoms with Gasteiger partial charge in [0.15, 0.2) is 0 Å². The van der Waals surface area contributed by atoms with Gasteiger partial charge in [-0.3, -0.25) is 19.2 Å². The number of nitrogens with zero attached hydrogens (tertiary/aromatic N) is 2. The van der Waals surface area contributed by atoms with Crippen LogP contribution in [0.3, 0.4) is 0 Å². The van der Waals surface area contributed by atoms with E-state index in [4.69, 9.17) is 0 Å². The van der Waals surface area contributed by atoms with E-state index in [1.165, 1.54) is 18.7 Å². The van der Waals surface area contributed by atoms with Crippen molar-refractivity contribution in [3.63, 3.8) is 0 Å². The van der Waals surface area contributed by atoms with Gasteiger partial charge in [-0.25, -0.2) is 9.59 Å². The van der Waals surface area contributed by atoms with Crippen LogP contribution in [0.4, 0.5) is 10.6 Å². The molecular weight excluding hydrogens is 344 g/mol. The van der Waals surface area contributed by atoms with Crippen molar-refractivity contribution in [3.05, 3.63) is 86.6 Å². The summed E-state index contributed by atoms with van der Waals surface area (Å²) in [4.78, 5) is 37.0. The fraction of sp³-hybridized carbons (Fsp3) is 0.150. The Bertz CT molecular complexity index is 1140. The van der Waals surface area contributed by atoms with Gasteiger partial charge in [-0.05, 0) is 16.7 Å². The van der Waals surface area contributed by atoms with Gasteiger partial charge >= 0.3 is 11.7 Å². The summed E-state index contributed by atoms with van der Waals surface area (Å²) in [6.07, 6.45) is 0. The molecule has 0 radical (unpaired) electrons. The van der Waals surface area contributed by atoms with Crippen molar-refractivity contribution in [3.8, 4) is 11.1 Å². The summed E-state index contributed by atoms with van der Waals surface area (Å²) in [5.41, 5.74) is 2.30. The lowest BCUT2D eigenvalue weighted by atomic mass is 9.96. The minimum Gasteiger partial charge on any atom is -0.327 e. The van der Waals surface area contributed by atoms with E-state index in [2.05, 4.69) is 10.6 Å². The second kappa shape index (κ2) is 6.28. The minimum absolute atomic E-state index is 0.226. The first kappa shape index (κ1) is 16.8. The number of carbonyl (C=O) groups is 1. The van der Waals surface area contributed by atoms with Crippen LogP contribution >= 0.6 is 0 Å². The summed E-state index contributed by atoms with van der Waals surface area (Å²) < 4.78 is 2.32. The van der Waals surface area contributed by atoms with Crippen LogP contribution in [0.2, 0.25) is 0 Å². The number of anilines is 1. The topological polar surface area (TPSA) is 85.1 Å². The highest BCUT2D eigenvalue weighted by Crippen LogP contribution is 2.29. The molecule has 136 valence electrons. The zero-order valence-electron chi connectivity index (χ0n) is 14.9. The van der Waals surface area contributed by atoms with Crippen LogP contribution in [0.15, 0.2) is 64.2 Å². The van der Waals surface area contributed by atoms with Crippen molar-refractivity contribution in [1.82, 2.24) is 14.5 Å². The number of carbonyl (C=O) groups excluding carboxylic acids is 1. The van der Waals surface area contributed by atoms with Gasteiger partial charge < -0.3 is 5.32 Å². The number of hydrogen-bond donors (Lipinski definition) is 2. The number of hydrogen-bond acceptors (Lipinski definition) is 3. The molecule has 1 atom stereocenters. The summed E-state index contributed by atoms with van der Waals surface area (Å²) in [5, 5.41) is 5.36. The standard InChI is InChI=1S/C20H18N4O3/c1-23-17-15(18(25)24(2)20(23)27)16(21-19(26)22-17)14-10-8-13(9-11-14)12-6-4-3-5-7-12/h3-11,16H,1-2H3,(H2,21,22,26)/t16-/m1/s1. The third kappa shape index (κ3) is 2.73. The van der Waals surface area contributed by atoms with Crippen LogP contribution < -0.4 is 21.9 Å². The molecule has 0 saturated carbocycles. The zero-order valence-corrected chi connectivity index (χ0v) is 14.9. The highest BCUT2D eigenvalue weighted by molar-refractivity contribution is 5.92. The first-order valence-corrected chi connectivity index (χ1v) is 8.50. The van der Waals surface area contributed by atoms with E-state index in [-0.39, 0.29) is 5.82 Å². The van der Waals surface area contributed by atoms with Crippen molar-refractivity contribution in [2.75, 3.05) is 5.32 Å². The molecule has 0 bridgehead atoms. The number of fused-ring (bicyclic) bond motifs is 1. The fourth-order valence-corrected chi connectivity index (χ4v) is 3.38. The molecule has 2 aromatic carbocycles. The maximum atomic E-state index is 12.7. The smallest absolute Gasteiger partial charge is 0.327 e. The van der Waals surface area contributed by atoms with E-state index in [1.54, 1.807) is 0 Å². The molecule has 1 aliphatic heterocycles. The predicted octanol–water partition coefficient (Wildman–Crippen LogP) is 1.98. The van der Waals surface area contributed by atoms with Gasteiger partial charge in [-0.2, -0.15) is 0 Å². The number of benzene rings is 2. The van der Waals surface area contributed by atoms with Crippen molar-refractivity contribution in [2.24, 2.45) is 14.1 Å². The third-order valence-corrected chi connectivity index (χ3v) is 4.85. The van der Waals surface area contributed by atoms with Crippen molar-refractivity contribution >= 4 is 11.8 Å². The van der Waals surface area contributed by atoms with Gasteiger partial charge in [0.1, 0.15) is 5.82 Å². The van der Waals surface area contributed by atoms with E-state index < -0.39 is 23.3 Å². The Morgan fingerprint density at radius 3 is 2.11 bits per heavy atom.